The van der Waals surface area contributed by atoms with Crippen molar-refractivity contribution in [1.82, 2.24) is 10.0 Å². The molecule has 1 aromatic carbocycles. The maximum atomic E-state index is 12.8. The fourth-order valence-corrected chi connectivity index (χ4v) is 3.23. The van der Waals surface area contributed by atoms with Gasteiger partial charge >= 0.3 is 6.18 Å². The Labute approximate surface area is 113 Å². The average Bonchev–Trinajstić information content (AvgIpc) is 2.22. The van der Waals surface area contributed by atoms with Gasteiger partial charge < -0.3 is 5.32 Å². The maximum Gasteiger partial charge on any atom is 0.417 e. The van der Waals surface area contributed by atoms with E-state index in [1.807, 2.05) is 0 Å². The third-order valence-corrected chi connectivity index (χ3v) is 4.45. The van der Waals surface area contributed by atoms with E-state index in [4.69, 9.17) is 11.6 Å². The Morgan fingerprint density at radius 1 is 1.32 bits per heavy atom. The van der Waals surface area contributed by atoms with Crippen molar-refractivity contribution < 1.29 is 21.6 Å². The van der Waals surface area contributed by atoms with Gasteiger partial charge in [-0.15, -0.1) is 0 Å². The first kappa shape index (κ1) is 14.6. The summed E-state index contributed by atoms with van der Waals surface area (Å²) in [5.74, 6) is 0. The highest BCUT2D eigenvalue weighted by Gasteiger charge is 2.38. The Balaban J connectivity index is 2.43. The molecule has 0 radical (unpaired) electrons. The van der Waals surface area contributed by atoms with Gasteiger partial charge in [0.1, 0.15) is 0 Å². The lowest BCUT2D eigenvalue weighted by Gasteiger charge is -2.28. The van der Waals surface area contributed by atoms with E-state index in [2.05, 4.69) is 10.0 Å². The first-order valence-electron chi connectivity index (χ1n) is 5.30. The molecule has 106 valence electrons. The lowest BCUT2D eigenvalue weighted by atomic mass is 10.2. The van der Waals surface area contributed by atoms with Gasteiger partial charge in [0, 0.05) is 24.2 Å². The van der Waals surface area contributed by atoms with Crippen LogP contribution >= 0.6 is 11.6 Å². The van der Waals surface area contributed by atoms with Crippen molar-refractivity contribution in [3.63, 3.8) is 0 Å². The summed E-state index contributed by atoms with van der Waals surface area (Å²) in [5, 5.41) is 2.65. The molecule has 0 spiro atoms. The fourth-order valence-electron chi connectivity index (χ4n) is 1.61. The number of hydrogen-bond acceptors (Lipinski definition) is 3. The Morgan fingerprint density at radius 2 is 1.95 bits per heavy atom. The van der Waals surface area contributed by atoms with Crippen LogP contribution in [-0.2, 0) is 16.2 Å². The van der Waals surface area contributed by atoms with Crippen molar-refractivity contribution in [2.45, 2.75) is 17.1 Å². The quantitative estimate of drug-likeness (QED) is 0.891. The third-order valence-electron chi connectivity index (χ3n) is 2.64. The van der Waals surface area contributed by atoms with Crippen molar-refractivity contribution >= 4 is 21.6 Å². The van der Waals surface area contributed by atoms with E-state index in [1.165, 1.54) is 0 Å². The van der Waals surface area contributed by atoms with Crippen LogP contribution in [0.15, 0.2) is 23.1 Å². The molecule has 0 amide bonds. The summed E-state index contributed by atoms with van der Waals surface area (Å²) in [6.07, 6.45) is -4.78. The van der Waals surface area contributed by atoms with Crippen molar-refractivity contribution in [2.24, 2.45) is 0 Å². The summed E-state index contributed by atoms with van der Waals surface area (Å²) in [6.45, 7) is 0.794. The van der Waals surface area contributed by atoms with Gasteiger partial charge in [-0.3, -0.25) is 0 Å². The van der Waals surface area contributed by atoms with E-state index >= 15 is 0 Å². The Morgan fingerprint density at radius 3 is 2.42 bits per heavy atom. The molecular formula is C10H10ClF3N2O2S. The monoisotopic (exact) mass is 314 g/mol. The van der Waals surface area contributed by atoms with Gasteiger partial charge in [-0.1, -0.05) is 11.6 Å². The van der Waals surface area contributed by atoms with Crippen LogP contribution in [0.1, 0.15) is 5.56 Å². The summed E-state index contributed by atoms with van der Waals surface area (Å²) < 4.78 is 64.6. The van der Waals surface area contributed by atoms with Gasteiger partial charge in [0.25, 0.3) is 0 Å². The molecule has 0 aromatic heterocycles. The molecule has 1 saturated heterocycles. The van der Waals surface area contributed by atoms with E-state index in [0.717, 1.165) is 12.1 Å². The lowest BCUT2D eigenvalue weighted by molar-refractivity contribution is -0.139. The number of hydrogen-bond donors (Lipinski definition) is 2. The Kier molecular flexibility index (Phi) is 3.78. The second kappa shape index (κ2) is 4.93. The molecule has 0 bridgehead atoms. The van der Waals surface area contributed by atoms with Crippen LogP contribution in [0.3, 0.4) is 0 Å². The molecule has 1 heterocycles. The molecule has 0 unspecified atom stereocenters. The number of alkyl halides is 3. The van der Waals surface area contributed by atoms with Crippen molar-refractivity contribution in [1.29, 1.82) is 0 Å². The Bertz CT molecular complexity index is 585. The molecule has 0 saturated carbocycles. The standard InChI is InChI=1S/C10H10ClF3N2O2S/c11-6-1-2-9(8(3-6)10(12,13)14)19(17,18)16-7-4-15-5-7/h1-3,7,15-16H,4-5H2. The molecule has 9 heteroatoms. The fraction of sp³-hybridized carbons (Fsp3) is 0.400. The molecule has 1 aliphatic rings. The van der Waals surface area contributed by atoms with Crippen LogP contribution in [0.4, 0.5) is 13.2 Å². The molecular weight excluding hydrogens is 305 g/mol. The first-order valence-corrected chi connectivity index (χ1v) is 7.16. The van der Waals surface area contributed by atoms with Gasteiger partial charge in [0.2, 0.25) is 10.0 Å². The van der Waals surface area contributed by atoms with Gasteiger partial charge in [-0.25, -0.2) is 13.1 Å². The van der Waals surface area contributed by atoms with Crippen LogP contribution in [-0.4, -0.2) is 27.5 Å². The number of rotatable bonds is 3. The smallest absolute Gasteiger partial charge is 0.313 e. The molecule has 2 N–H and O–H groups in total. The highest BCUT2D eigenvalue weighted by molar-refractivity contribution is 7.89. The van der Waals surface area contributed by atoms with Gasteiger partial charge in [0.05, 0.1) is 10.5 Å². The highest BCUT2D eigenvalue weighted by atomic mass is 35.5. The third kappa shape index (κ3) is 3.19. The van der Waals surface area contributed by atoms with E-state index in [1.54, 1.807) is 0 Å². The SMILES string of the molecule is O=S(=O)(NC1CNC1)c1ccc(Cl)cc1C(F)(F)F. The largest absolute Gasteiger partial charge is 0.417 e. The van der Waals surface area contributed by atoms with E-state index in [-0.39, 0.29) is 11.1 Å². The number of nitrogens with one attached hydrogen (secondary N) is 2. The first-order chi connectivity index (χ1) is 8.70. The summed E-state index contributed by atoms with van der Waals surface area (Å²) in [5.41, 5.74) is -1.26. The molecule has 1 fully saturated rings. The molecule has 19 heavy (non-hydrogen) atoms. The minimum absolute atomic E-state index is 0.170. The summed E-state index contributed by atoms with van der Waals surface area (Å²) in [6, 6.07) is 2.20. The second-order valence-corrected chi connectivity index (χ2v) is 6.23. The highest BCUT2D eigenvalue weighted by Crippen LogP contribution is 2.35. The summed E-state index contributed by atoms with van der Waals surface area (Å²) in [4.78, 5) is -0.809. The average molecular weight is 315 g/mol. The van der Waals surface area contributed by atoms with Crippen molar-refractivity contribution in [3.05, 3.63) is 28.8 Å². The van der Waals surface area contributed by atoms with Gasteiger partial charge in [0.15, 0.2) is 0 Å². The topological polar surface area (TPSA) is 58.2 Å². The zero-order chi connectivity index (χ0) is 14.3. The second-order valence-electron chi connectivity index (χ2n) is 4.11. The van der Waals surface area contributed by atoms with E-state index in [0.29, 0.717) is 19.2 Å². The zero-order valence-electron chi connectivity index (χ0n) is 9.46. The number of halogens is 4. The molecule has 0 atom stereocenters. The minimum Gasteiger partial charge on any atom is -0.313 e. The molecule has 1 aromatic rings. The van der Waals surface area contributed by atoms with Crippen LogP contribution in [0.25, 0.3) is 0 Å². The van der Waals surface area contributed by atoms with Crippen LogP contribution < -0.4 is 10.0 Å². The number of benzene rings is 1. The van der Waals surface area contributed by atoms with E-state index in [9.17, 15) is 21.6 Å². The van der Waals surface area contributed by atoms with Crippen LogP contribution in [0.2, 0.25) is 5.02 Å². The molecule has 1 aliphatic heterocycles. The maximum absolute atomic E-state index is 12.8. The normalized spacial score (nSPS) is 17.3. The molecule has 2 rings (SSSR count). The van der Waals surface area contributed by atoms with Gasteiger partial charge in [-0.05, 0) is 18.2 Å². The minimum atomic E-state index is -4.78. The zero-order valence-corrected chi connectivity index (χ0v) is 11.0. The molecule has 4 nitrogen and oxygen atoms in total. The van der Waals surface area contributed by atoms with E-state index < -0.39 is 26.7 Å². The predicted octanol–water partition coefficient (Wildman–Crippen LogP) is 1.61. The summed E-state index contributed by atoms with van der Waals surface area (Å²) >= 11 is 5.49. The number of sulfonamides is 1. The Hall–Kier alpha value is -0.830. The predicted molar refractivity (Wildman–Crippen MR) is 63.4 cm³/mol. The van der Waals surface area contributed by atoms with Crippen LogP contribution in [0.5, 0.6) is 0 Å². The lowest BCUT2D eigenvalue weighted by Crippen LogP contribution is -2.56. The molecule has 0 aliphatic carbocycles. The van der Waals surface area contributed by atoms with Crippen molar-refractivity contribution in [2.75, 3.05) is 13.1 Å². The summed E-state index contributed by atoms with van der Waals surface area (Å²) in [7, 11) is -4.22. The van der Waals surface area contributed by atoms with Gasteiger partial charge in [-0.2, -0.15) is 13.2 Å². The van der Waals surface area contributed by atoms with Crippen LogP contribution in [0, 0.1) is 0 Å². The van der Waals surface area contributed by atoms with Crippen molar-refractivity contribution in [3.8, 4) is 0 Å².